The molecule has 0 aliphatic rings. The molecule has 7 nitrogen and oxygen atoms in total. The van der Waals surface area contributed by atoms with E-state index in [1.807, 2.05) is 78.9 Å². The molecule has 0 bridgehead atoms. The maximum Gasteiger partial charge on any atom is 0.336 e. The van der Waals surface area contributed by atoms with Gasteiger partial charge in [-0.15, -0.1) is 0 Å². The third kappa shape index (κ3) is 8.02. The van der Waals surface area contributed by atoms with Crippen molar-refractivity contribution >= 4 is 28.6 Å². The van der Waals surface area contributed by atoms with Gasteiger partial charge in [0, 0.05) is 42.9 Å². The van der Waals surface area contributed by atoms with Crippen LogP contribution in [0.5, 0.6) is 0 Å². The van der Waals surface area contributed by atoms with Gasteiger partial charge in [-0.1, -0.05) is 94.1 Å². The Labute approximate surface area is 271 Å². The molecule has 0 unspecified atom stereocenters. The van der Waals surface area contributed by atoms with Crippen molar-refractivity contribution in [1.29, 1.82) is 0 Å². The number of fused-ring (bicyclic) bond motifs is 1. The number of rotatable bonds is 16. The SMILES string of the molecule is CCCCCCNC(=O)c1ccc(CNc2ccc3nc(CCCC)n(Cc4cccc(C(=O)O)c4-c4ccccc4)c3c2)cc1. The highest BCUT2D eigenvalue weighted by Crippen LogP contribution is 2.31. The van der Waals surface area contributed by atoms with E-state index >= 15 is 0 Å². The molecule has 0 saturated carbocycles. The first kappa shape index (κ1) is 32.5. The van der Waals surface area contributed by atoms with Gasteiger partial charge in [0.1, 0.15) is 5.82 Å². The Balaban J connectivity index is 1.37. The van der Waals surface area contributed by atoms with Crippen LogP contribution in [0.25, 0.3) is 22.2 Å². The van der Waals surface area contributed by atoms with Gasteiger partial charge in [0.15, 0.2) is 0 Å². The second-order valence-corrected chi connectivity index (χ2v) is 11.8. The molecule has 3 N–H and O–H groups in total. The molecule has 1 heterocycles. The first-order chi connectivity index (χ1) is 22.5. The highest BCUT2D eigenvalue weighted by molar-refractivity contribution is 5.97. The van der Waals surface area contributed by atoms with Crippen LogP contribution in [-0.2, 0) is 19.5 Å². The van der Waals surface area contributed by atoms with Crippen LogP contribution in [0.3, 0.4) is 0 Å². The standard InChI is InChI=1S/C39H44N4O3/c1-3-5-7-11-24-40-38(44)30-20-18-28(19-21-30)26-41-32-22-23-34-35(25-32)43(36(42-34)17-6-4-2)27-31-15-12-16-33(39(45)46)37(31)29-13-9-8-10-14-29/h8-10,12-16,18-23,25,41H,3-7,11,17,24,26-27H2,1-2H3,(H,40,44)(H,45,46). The number of aromatic nitrogens is 2. The molecule has 238 valence electrons. The predicted molar refractivity (Wildman–Crippen MR) is 187 cm³/mol. The van der Waals surface area contributed by atoms with Crippen LogP contribution in [0, 0.1) is 0 Å². The van der Waals surface area contributed by atoms with Crippen molar-refractivity contribution in [3.8, 4) is 11.1 Å². The summed E-state index contributed by atoms with van der Waals surface area (Å²) in [4.78, 5) is 29.8. The average molecular weight is 617 g/mol. The molecule has 0 spiro atoms. The summed E-state index contributed by atoms with van der Waals surface area (Å²) in [5.41, 5.74) is 7.48. The van der Waals surface area contributed by atoms with Crippen molar-refractivity contribution in [2.45, 2.75) is 71.9 Å². The fraction of sp³-hybridized carbons (Fsp3) is 0.308. The van der Waals surface area contributed by atoms with Gasteiger partial charge in [-0.25, -0.2) is 9.78 Å². The Bertz CT molecular complexity index is 1760. The summed E-state index contributed by atoms with van der Waals surface area (Å²) in [6, 6.07) is 29.2. The number of nitrogens with one attached hydrogen (secondary N) is 2. The van der Waals surface area contributed by atoms with Crippen LogP contribution in [0.2, 0.25) is 0 Å². The van der Waals surface area contributed by atoms with Gasteiger partial charge in [0.2, 0.25) is 0 Å². The molecule has 5 aromatic rings. The highest BCUT2D eigenvalue weighted by atomic mass is 16.4. The number of hydrogen-bond donors (Lipinski definition) is 3. The summed E-state index contributed by atoms with van der Waals surface area (Å²) in [6.07, 6.45) is 7.43. The van der Waals surface area contributed by atoms with Crippen molar-refractivity contribution in [2.24, 2.45) is 0 Å². The normalized spacial score (nSPS) is 11.1. The monoisotopic (exact) mass is 616 g/mol. The molecule has 7 heteroatoms. The molecule has 1 aromatic heterocycles. The summed E-state index contributed by atoms with van der Waals surface area (Å²) in [7, 11) is 0. The maximum absolute atomic E-state index is 12.5. The number of aryl methyl sites for hydroxylation is 1. The number of nitrogens with zero attached hydrogens (tertiary/aromatic N) is 2. The summed E-state index contributed by atoms with van der Waals surface area (Å²) in [6.45, 7) is 6.18. The Morgan fingerprint density at radius 2 is 1.61 bits per heavy atom. The fourth-order valence-corrected chi connectivity index (χ4v) is 5.84. The van der Waals surface area contributed by atoms with E-state index in [9.17, 15) is 14.7 Å². The van der Waals surface area contributed by atoms with Gasteiger partial charge in [0.05, 0.1) is 16.6 Å². The summed E-state index contributed by atoms with van der Waals surface area (Å²) < 4.78 is 2.24. The van der Waals surface area contributed by atoms with E-state index in [-0.39, 0.29) is 5.91 Å². The second kappa shape index (κ2) is 15.9. The predicted octanol–water partition coefficient (Wildman–Crippen LogP) is 8.71. The molecule has 0 fully saturated rings. The Morgan fingerprint density at radius 3 is 2.35 bits per heavy atom. The third-order valence-corrected chi connectivity index (χ3v) is 8.38. The summed E-state index contributed by atoms with van der Waals surface area (Å²) in [5.74, 6) is 0.0239. The van der Waals surface area contributed by atoms with E-state index in [4.69, 9.17) is 4.98 Å². The number of unbranched alkanes of at least 4 members (excludes halogenated alkanes) is 4. The van der Waals surface area contributed by atoms with Crippen molar-refractivity contribution in [3.63, 3.8) is 0 Å². The molecular weight excluding hydrogens is 572 g/mol. The van der Waals surface area contributed by atoms with E-state index in [2.05, 4.69) is 35.1 Å². The lowest BCUT2D eigenvalue weighted by Crippen LogP contribution is -2.24. The zero-order chi connectivity index (χ0) is 32.3. The van der Waals surface area contributed by atoms with Gasteiger partial charge in [-0.3, -0.25) is 4.79 Å². The van der Waals surface area contributed by atoms with Crippen LogP contribution >= 0.6 is 0 Å². The number of imidazole rings is 1. The quantitative estimate of drug-likeness (QED) is 0.0964. The van der Waals surface area contributed by atoms with Gasteiger partial charge in [-0.2, -0.15) is 0 Å². The average Bonchev–Trinajstić information content (AvgIpc) is 3.42. The fourth-order valence-electron chi connectivity index (χ4n) is 5.84. The molecule has 46 heavy (non-hydrogen) atoms. The highest BCUT2D eigenvalue weighted by Gasteiger charge is 2.19. The molecule has 0 saturated heterocycles. The van der Waals surface area contributed by atoms with Crippen LogP contribution in [0.15, 0.2) is 91.0 Å². The largest absolute Gasteiger partial charge is 0.478 e. The lowest BCUT2D eigenvalue weighted by atomic mass is 9.94. The number of aromatic carboxylic acids is 1. The number of amides is 1. The molecule has 5 rings (SSSR count). The molecular formula is C39H44N4O3. The number of benzene rings is 4. The van der Waals surface area contributed by atoms with E-state index in [0.717, 1.165) is 76.9 Å². The number of carbonyl (C=O) groups excluding carboxylic acids is 1. The number of hydrogen-bond acceptors (Lipinski definition) is 4. The van der Waals surface area contributed by atoms with E-state index in [0.29, 0.717) is 30.8 Å². The number of anilines is 1. The molecule has 4 aromatic carbocycles. The van der Waals surface area contributed by atoms with Gasteiger partial charge < -0.3 is 20.3 Å². The van der Waals surface area contributed by atoms with E-state index in [1.54, 1.807) is 6.07 Å². The van der Waals surface area contributed by atoms with Crippen molar-refractivity contribution in [1.82, 2.24) is 14.9 Å². The molecule has 1 amide bonds. The first-order valence-corrected chi connectivity index (χ1v) is 16.5. The number of carboxylic acids is 1. The van der Waals surface area contributed by atoms with Gasteiger partial charge in [-0.05, 0) is 65.9 Å². The minimum Gasteiger partial charge on any atom is -0.478 e. The van der Waals surface area contributed by atoms with Crippen molar-refractivity contribution in [3.05, 3.63) is 119 Å². The minimum atomic E-state index is -0.940. The van der Waals surface area contributed by atoms with Crippen LogP contribution in [0.1, 0.15) is 90.0 Å². The number of carboxylic acid groups (broad SMARTS) is 1. The zero-order valence-corrected chi connectivity index (χ0v) is 26.9. The minimum absolute atomic E-state index is 0.0297. The Kier molecular flexibility index (Phi) is 11.2. The van der Waals surface area contributed by atoms with Crippen LogP contribution in [-0.4, -0.2) is 33.1 Å². The second-order valence-electron chi connectivity index (χ2n) is 11.8. The van der Waals surface area contributed by atoms with Crippen molar-refractivity contribution in [2.75, 3.05) is 11.9 Å². The van der Waals surface area contributed by atoms with Crippen molar-refractivity contribution < 1.29 is 14.7 Å². The lowest BCUT2D eigenvalue weighted by Gasteiger charge is -2.16. The van der Waals surface area contributed by atoms with E-state index < -0.39 is 5.97 Å². The van der Waals surface area contributed by atoms with Gasteiger partial charge >= 0.3 is 5.97 Å². The van der Waals surface area contributed by atoms with E-state index in [1.165, 1.54) is 12.8 Å². The maximum atomic E-state index is 12.5. The summed E-state index contributed by atoms with van der Waals surface area (Å²) >= 11 is 0. The first-order valence-electron chi connectivity index (χ1n) is 16.5. The molecule has 0 radical (unpaired) electrons. The molecule has 0 aliphatic carbocycles. The third-order valence-electron chi connectivity index (χ3n) is 8.38. The summed E-state index contributed by atoms with van der Waals surface area (Å²) in [5, 5.41) is 16.6. The van der Waals surface area contributed by atoms with Crippen LogP contribution < -0.4 is 10.6 Å². The smallest absolute Gasteiger partial charge is 0.336 e. The number of carbonyl (C=O) groups is 2. The lowest BCUT2D eigenvalue weighted by molar-refractivity contribution is 0.0697. The van der Waals surface area contributed by atoms with Crippen LogP contribution in [0.4, 0.5) is 5.69 Å². The molecule has 0 atom stereocenters. The zero-order valence-electron chi connectivity index (χ0n) is 26.9. The Morgan fingerprint density at radius 1 is 0.826 bits per heavy atom. The Hall–Kier alpha value is -4.91. The topological polar surface area (TPSA) is 96.3 Å². The van der Waals surface area contributed by atoms with Gasteiger partial charge in [0.25, 0.3) is 5.91 Å². The molecule has 0 aliphatic heterocycles.